The van der Waals surface area contributed by atoms with Crippen molar-refractivity contribution in [3.63, 3.8) is 0 Å². The first kappa shape index (κ1) is 28.9. The summed E-state index contributed by atoms with van der Waals surface area (Å²) < 4.78 is 51.1. The molecule has 3 aromatic carbocycles. The molecule has 3 rings (SSSR count). The fraction of sp³-hybridized carbons (Fsp3) is 0.333. The van der Waals surface area contributed by atoms with Crippen molar-refractivity contribution in [2.45, 2.75) is 0 Å². The first-order chi connectivity index (χ1) is 18.3. The van der Waals surface area contributed by atoms with Gasteiger partial charge in [0.25, 0.3) is 7.38 Å². The molecule has 0 spiro atoms. The van der Waals surface area contributed by atoms with Crippen LogP contribution in [-0.4, -0.2) is 71.4 Å². The third-order valence-corrected chi connectivity index (χ3v) is 11.5. The molecule has 0 saturated heterocycles. The van der Waals surface area contributed by atoms with Gasteiger partial charge in [0.2, 0.25) is 0 Å². The molecule has 0 heterocycles. The van der Waals surface area contributed by atoms with Crippen molar-refractivity contribution in [3.05, 3.63) is 36.4 Å². The van der Waals surface area contributed by atoms with Gasteiger partial charge in [-0.3, -0.25) is 0 Å². The van der Waals surface area contributed by atoms with Gasteiger partial charge < -0.3 is 42.6 Å². The highest BCUT2D eigenvalue weighted by molar-refractivity contribution is 7.41. The molecule has 0 saturated carbocycles. The Balaban J connectivity index is 2.59. The van der Waals surface area contributed by atoms with Crippen LogP contribution in [0.25, 0.3) is 0 Å². The summed E-state index contributed by atoms with van der Waals surface area (Å²) in [6, 6.07) is 10.6. The molecule has 0 radical (unpaired) electrons. The van der Waals surface area contributed by atoms with Crippen molar-refractivity contribution >= 4 is 34.0 Å². The van der Waals surface area contributed by atoms with Crippen LogP contribution in [0.15, 0.2) is 36.4 Å². The van der Waals surface area contributed by atoms with Gasteiger partial charge in [-0.05, 0) is 18.2 Å². The zero-order valence-electron chi connectivity index (χ0n) is 23.0. The van der Waals surface area contributed by atoms with Crippen LogP contribution in [0.2, 0.25) is 0 Å². The lowest BCUT2D eigenvalue weighted by Gasteiger charge is -2.32. The minimum absolute atomic E-state index is 0.472. The molecule has 38 heavy (non-hydrogen) atoms. The van der Waals surface area contributed by atoms with Crippen LogP contribution in [0.4, 0.5) is 0 Å². The number of hydrogen-bond donors (Lipinski definition) is 0. The molecule has 0 aliphatic heterocycles. The SMILES string of the molecule is COc1cc(OC)c([Si](Cl)(c2cc(OC)c(OC)cc2OC)c2cc(OC)c(OC)cc2OC)cc1OC. The largest absolute Gasteiger partial charge is 0.497 e. The van der Waals surface area contributed by atoms with Gasteiger partial charge in [0, 0.05) is 33.8 Å². The van der Waals surface area contributed by atoms with E-state index in [2.05, 4.69) is 0 Å². The molecule has 0 unspecified atom stereocenters. The van der Waals surface area contributed by atoms with Crippen molar-refractivity contribution in [1.82, 2.24) is 0 Å². The highest BCUT2D eigenvalue weighted by Gasteiger charge is 2.47. The van der Waals surface area contributed by atoms with E-state index in [1.165, 1.54) is 0 Å². The van der Waals surface area contributed by atoms with Crippen LogP contribution < -0.4 is 58.2 Å². The second-order valence-electron chi connectivity index (χ2n) is 7.88. The Morgan fingerprint density at radius 1 is 0.342 bits per heavy atom. The van der Waals surface area contributed by atoms with E-state index in [0.29, 0.717) is 67.3 Å². The van der Waals surface area contributed by atoms with Crippen molar-refractivity contribution in [2.75, 3.05) is 64.0 Å². The number of hydrogen-bond acceptors (Lipinski definition) is 9. The van der Waals surface area contributed by atoms with Gasteiger partial charge in [-0.1, -0.05) is 0 Å². The summed E-state index contributed by atoms with van der Waals surface area (Å²) >= 11 is 7.95. The van der Waals surface area contributed by atoms with Gasteiger partial charge in [0.05, 0.1) is 64.0 Å². The summed E-state index contributed by atoms with van der Waals surface area (Å²) in [4.78, 5) is 0. The Bertz CT molecular complexity index is 1130. The molecule has 0 bridgehead atoms. The molecule has 206 valence electrons. The minimum Gasteiger partial charge on any atom is -0.497 e. The lowest BCUT2D eigenvalue weighted by Crippen LogP contribution is -2.63. The van der Waals surface area contributed by atoms with Crippen LogP contribution in [0.5, 0.6) is 51.7 Å². The van der Waals surface area contributed by atoms with Gasteiger partial charge in [-0.25, -0.2) is 0 Å². The van der Waals surface area contributed by atoms with Crippen molar-refractivity contribution in [2.24, 2.45) is 0 Å². The molecule has 0 atom stereocenters. The Hall–Kier alpha value is -3.63. The third-order valence-electron chi connectivity index (χ3n) is 6.23. The van der Waals surface area contributed by atoms with Crippen LogP contribution in [-0.2, 0) is 0 Å². The molecule has 0 aliphatic rings. The highest BCUT2D eigenvalue weighted by atomic mass is 35.6. The van der Waals surface area contributed by atoms with E-state index in [1.54, 1.807) is 82.2 Å². The highest BCUT2D eigenvalue weighted by Crippen LogP contribution is 2.39. The number of halogens is 1. The topological polar surface area (TPSA) is 83.1 Å². The van der Waals surface area contributed by atoms with Crippen LogP contribution in [0.3, 0.4) is 0 Å². The monoisotopic (exact) mass is 564 g/mol. The van der Waals surface area contributed by atoms with E-state index in [4.69, 9.17) is 53.7 Å². The molecular weight excluding hydrogens is 532 g/mol. The molecule has 0 N–H and O–H groups in total. The summed E-state index contributed by atoms with van der Waals surface area (Å²) in [5, 5.41) is 1.95. The third kappa shape index (κ3) is 4.93. The van der Waals surface area contributed by atoms with E-state index < -0.39 is 7.38 Å². The fourth-order valence-electron chi connectivity index (χ4n) is 4.33. The maximum Gasteiger partial charge on any atom is 0.259 e. The normalized spacial score (nSPS) is 10.9. The molecule has 3 aromatic rings. The van der Waals surface area contributed by atoms with E-state index in [-0.39, 0.29) is 0 Å². The molecule has 0 aliphatic carbocycles. The van der Waals surface area contributed by atoms with Gasteiger partial charge in [-0.15, -0.1) is 11.1 Å². The first-order valence-corrected chi connectivity index (χ1v) is 14.4. The van der Waals surface area contributed by atoms with Crippen LogP contribution in [0.1, 0.15) is 0 Å². The van der Waals surface area contributed by atoms with E-state index >= 15 is 0 Å². The minimum atomic E-state index is -3.63. The summed E-state index contributed by atoms with van der Waals surface area (Å²) in [5.41, 5.74) is 0. The standard InChI is InChI=1S/C27H33ClO9Si/c1-29-16-10-22(35-7)25(13-19(16)32-4)38(28,26-14-20(33-5)17(30-2)11-23(26)36-8)27-15-21(34-6)18(31-3)12-24(27)37-9/h10-15H,1-9H3. The van der Waals surface area contributed by atoms with Crippen molar-refractivity contribution in [3.8, 4) is 51.7 Å². The number of benzene rings is 3. The van der Waals surface area contributed by atoms with E-state index in [9.17, 15) is 0 Å². The lowest BCUT2D eigenvalue weighted by atomic mass is 10.3. The smallest absolute Gasteiger partial charge is 0.259 e. The predicted octanol–water partition coefficient (Wildman–Crippen LogP) is 2.97. The van der Waals surface area contributed by atoms with Crippen molar-refractivity contribution in [1.29, 1.82) is 0 Å². The summed E-state index contributed by atoms with van der Waals surface area (Å²) in [6.45, 7) is 0. The average Bonchev–Trinajstić information content (AvgIpc) is 2.98. The second-order valence-corrected chi connectivity index (χ2v) is 12.5. The Labute approximate surface area is 228 Å². The van der Waals surface area contributed by atoms with Crippen molar-refractivity contribution < 1.29 is 42.6 Å². The molecule has 0 amide bonds. The van der Waals surface area contributed by atoms with Crippen LogP contribution in [0, 0.1) is 0 Å². The van der Waals surface area contributed by atoms with Crippen LogP contribution >= 0.6 is 11.1 Å². The maximum atomic E-state index is 7.95. The summed E-state index contributed by atoms with van der Waals surface area (Å²) in [6.07, 6.45) is 0. The fourth-order valence-corrected chi connectivity index (χ4v) is 9.06. The van der Waals surface area contributed by atoms with E-state index in [0.717, 1.165) is 0 Å². The second kappa shape index (κ2) is 12.3. The summed E-state index contributed by atoms with van der Waals surface area (Å²) in [5.74, 6) is 4.33. The zero-order chi connectivity index (χ0) is 28.0. The molecule has 9 nitrogen and oxygen atoms in total. The Kier molecular flexibility index (Phi) is 9.34. The Morgan fingerprint density at radius 3 is 0.711 bits per heavy atom. The molecule has 0 fully saturated rings. The van der Waals surface area contributed by atoms with E-state index in [1.807, 2.05) is 18.2 Å². The van der Waals surface area contributed by atoms with Gasteiger partial charge in [-0.2, -0.15) is 0 Å². The first-order valence-electron chi connectivity index (χ1n) is 11.4. The predicted molar refractivity (Wildman–Crippen MR) is 149 cm³/mol. The maximum absolute atomic E-state index is 7.95. The molecular formula is C27H33ClO9Si. The molecule has 0 aromatic heterocycles. The summed E-state index contributed by atoms with van der Waals surface area (Å²) in [7, 11) is 10.4. The quantitative estimate of drug-likeness (QED) is 0.187. The molecule has 11 heteroatoms. The van der Waals surface area contributed by atoms with Gasteiger partial charge in [0.1, 0.15) is 17.2 Å². The zero-order valence-corrected chi connectivity index (χ0v) is 24.8. The number of rotatable bonds is 12. The number of methoxy groups -OCH3 is 9. The Morgan fingerprint density at radius 2 is 0.526 bits per heavy atom. The number of ether oxygens (including phenoxy) is 9. The van der Waals surface area contributed by atoms with Gasteiger partial charge in [0.15, 0.2) is 34.5 Å². The van der Waals surface area contributed by atoms with Gasteiger partial charge >= 0.3 is 0 Å². The average molecular weight is 565 g/mol. The lowest BCUT2D eigenvalue weighted by molar-refractivity contribution is 0.349.